The SMILES string of the molecule is O=C(O)C1CCCCN1C(Cc1ccccn1)c1ccc(F)cc1. The van der Waals surface area contributed by atoms with Crippen molar-refractivity contribution in [2.45, 2.75) is 37.8 Å². The van der Waals surface area contributed by atoms with Gasteiger partial charge < -0.3 is 5.11 Å². The lowest BCUT2D eigenvalue weighted by Gasteiger charge is -2.39. The summed E-state index contributed by atoms with van der Waals surface area (Å²) in [7, 11) is 0. The zero-order valence-corrected chi connectivity index (χ0v) is 13.4. The first kappa shape index (κ1) is 16.6. The molecular formula is C19H21FN2O2. The number of pyridine rings is 1. The molecule has 0 bridgehead atoms. The molecule has 1 N–H and O–H groups in total. The normalized spacial score (nSPS) is 19.8. The summed E-state index contributed by atoms with van der Waals surface area (Å²) in [6.07, 6.45) is 4.89. The molecule has 1 aliphatic heterocycles. The minimum absolute atomic E-state index is 0.123. The molecule has 4 nitrogen and oxygen atoms in total. The number of hydrogen-bond donors (Lipinski definition) is 1. The van der Waals surface area contributed by atoms with Crippen molar-refractivity contribution in [3.05, 3.63) is 65.7 Å². The molecule has 24 heavy (non-hydrogen) atoms. The maximum atomic E-state index is 13.3. The molecule has 3 rings (SSSR count). The molecule has 2 unspecified atom stereocenters. The first-order valence-electron chi connectivity index (χ1n) is 8.29. The molecule has 1 fully saturated rings. The highest BCUT2D eigenvalue weighted by atomic mass is 19.1. The van der Waals surface area contributed by atoms with Crippen LogP contribution in [0.4, 0.5) is 4.39 Å². The highest BCUT2D eigenvalue weighted by Gasteiger charge is 2.34. The van der Waals surface area contributed by atoms with Crippen LogP contribution in [0.25, 0.3) is 0 Å². The van der Waals surface area contributed by atoms with Crippen molar-refractivity contribution < 1.29 is 14.3 Å². The molecule has 5 heteroatoms. The largest absolute Gasteiger partial charge is 0.480 e. The standard InChI is InChI=1S/C19H21FN2O2/c20-15-9-7-14(8-10-15)18(13-16-5-1-3-11-21-16)22-12-4-2-6-17(22)19(23)24/h1,3,5,7-11,17-18H,2,4,6,12-13H2,(H,23,24). The Kier molecular flexibility index (Phi) is 5.20. The number of rotatable bonds is 5. The minimum atomic E-state index is -0.789. The molecule has 0 aliphatic carbocycles. The molecule has 2 heterocycles. The van der Waals surface area contributed by atoms with Gasteiger partial charge in [-0.25, -0.2) is 4.39 Å². The first-order valence-corrected chi connectivity index (χ1v) is 8.29. The predicted octanol–water partition coefficient (Wildman–Crippen LogP) is 3.44. The van der Waals surface area contributed by atoms with Crippen LogP contribution in [0.15, 0.2) is 48.7 Å². The second-order valence-electron chi connectivity index (χ2n) is 6.18. The Bertz CT molecular complexity index is 676. The maximum absolute atomic E-state index is 13.3. The number of carboxylic acids is 1. The molecule has 1 saturated heterocycles. The molecule has 0 spiro atoms. The van der Waals surface area contributed by atoms with Crippen molar-refractivity contribution in [3.8, 4) is 0 Å². The van der Waals surface area contributed by atoms with Gasteiger partial charge in [0.1, 0.15) is 11.9 Å². The van der Waals surface area contributed by atoms with Gasteiger partial charge in [0.05, 0.1) is 0 Å². The Balaban J connectivity index is 1.94. The third-order valence-corrected chi connectivity index (χ3v) is 4.61. The number of aliphatic carboxylic acids is 1. The van der Waals surface area contributed by atoms with Crippen molar-refractivity contribution in [1.29, 1.82) is 0 Å². The molecule has 126 valence electrons. The van der Waals surface area contributed by atoms with Crippen molar-refractivity contribution in [1.82, 2.24) is 9.88 Å². The smallest absolute Gasteiger partial charge is 0.320 e. The van der Waals surface area contributed by atoms with Crippen molar-refractivity contribution in [2.75, 3.05) is 6.54 Å². The van der Waals surface area contributed by atoms with Gasteiger partial charge in [0.25, 0.3) is 0 Å². The van der Waals surface area contributed by atoms with Crippen LogP contribution in [0.5, 0.6) is 0 Å². The van der Waals surface area contributed by atoms with Crippen molar-refractivity contribution >= 4 is 5.97 Å². The summed E-state index contributed by atoms with van der Waals surface area (Å²) in [6, 6.07) is 11.5. The Morgan fingerprint density at radius 1 is 1.25 bits per heavy atom. The molecule has 1 aromatic heterocycles. The number of likely N-dealkylation sites (tertiary alicyclic amines) is 1. The zero-order valence-electron chi connectivity index (χ0n) is 13.4. The second-order valence-corrected chi connectivity index (χ2v) is 6.18. The fraction of sp³-hybridized carbons (Fsp3) is 0.368. The fourth-order valence-corrected chi connectivity index (χ4v) is 3.42. The van der Waals surface area contributed by atoms with E-state index in [9.17, 15) is 14.3 Å². The first-order chi connectivity index (χ1) is 11.6. The van der Waals surface area contributed by atoms with Gasteiger partial charge in [-0.1, -0.05) is 24.6 Å². The Morgan fingerprint density at radius 3 is 2.71 bits per heavy atom. The molecule has 0 radical (unpaired) electrons. The van der Waals surface area contributed by atoms with E-state index >= 15 is 0 Å². The molecule has 0 saturated carbocycles. The maximum Gasteiger partial charge on any atom is 0.320 e. The number of aromatic nitrogens is 1. The topological polar surface area (TPSA) is 53.4 Å². The van der Waals surface area contributed by atoms with E-state index in [0.29, 0.717) is 12.8 Å². The van der Waals surface area contributed by atoms with Gasteiger partial charge >= 0.3 is 5.97 Å². The summed E-state index contributed by atoms with van der Waals surface area (Å²) in [4.78, 5) is 18.1. The molecule has 1 aromatic carbocycles. The number of carbonyl (C=O) groups is 1. The summed E-state index contributed by atoms with van der Waals surface area (Å²) in [6.45, 7) is 0.728. The Morgan fingerprint density at radius 2 is 2.04 bits per heavy atom. The average Bonchev–Trinajstić information content (AvgIpc) is 2.61. The van der Waals surface area contributed by atoms with E-state index in [0.717, 1.165) is 30.6 Å². The van der Waals surface area contributed by atoms with Crippen LogP contribution in [0.3, 0.4) is 0 Å². The molecule has 1 aliphatic rings. The van der Waals surface area contributed by atoms with Crippen LogP contribution in [-0.2, 0) is 11.2 Å². The quantitative estimate of drug-likeness (QED) is 0.913. The summed E-state index contributed by atoms with van der Waals surface area (Å²) in [5.74, 6) is -1.08. The number of hydrogen-bond acceptors (Lipinski definition) is 3. The molecule has 2 aromatic rings. The summed E-state index contributed by atoms with van der Waals surface area (Å²) in [5, 5.41) is 9.60. The predicted molar refractivity (Wildman–Crippen MR) is 89.1 cm³/mol. The number of halogens is 1. The monoisotopic (exact) mass is 328 g/mol. The van der Waals surface area contributed by atoms with E-state index in [1.165, 1.54) is 12.1 Å². The van der Waals surface area contributed by atoms with Crippen LogP contribution in [0.2, 0.25) is 0 Å². The number of carboxylic acid groups (broad SMARTS) is 1. The van der Waals surface area contributed by atoms with Crippen LogP contribution in [-0.4, -0.2) is 33.5 Å². The summed E-state index contributed by atoms with van der Waals surface area (Å²) in [5.41, 5.74) is 1.83. The lowest BCUT2D eigenvalue weighted by molar-refractivity contribution is -0.146. The highest BCUT2D eigenvalue weighted by Crippen LogP contribution is 2.31. The fourth-order valence-electron chi connectivity index (χ4n) is 3.42. The van der Waals surface area contributed by atoms with Gasteiger partial charge in [0.2, 0.25) is 0 Å². The summed E-state index contributed by atoms with van der Waals surface area (Å²) < 4.78 is 13.3. The van der Waals surface area contributed by atoms with Gasteiger partial charge in [0.15, 0.2) is 0 Å². The van der Waals surface area contributed by atoms with Crippen LogP contribution < -0.4 is 0 Å². The second kappa shape index (κ2) is 7.53. The highest BCUT2D eigenvalue weighted by molar-refractivity contribution is 5.73. The Labute approximate surface area is 141 Å². The van der Waals surface area contributed by atoms with Crippen LogP contribution in [0, 0.1) is 5.82 Å². The van der Waals surface area contributed by atoms with E-state index in [-0.39, 0.29) is 11.9 Å². The molecular weight excluding hydrogens is 307 g/mol. The summed E-state index contributed by atoms with van der Waals surface area (Å²) >= 11 is 0. The van der Waals surface area contributed by atoms with Gasteiger partial charge in [-0.2, -0.15) is 0 Å². The van der Waals surface area contributed by atoms with Crippen LogP contribution >= 0.6 is 0 Å². The van der Waals surface area contributed by atoms with E-state index in [2.05, 4.69) is 4.98 Å². The van der Waals surface area contributed by atoms with Gasteiger partial charge in [-0.05, 0) is 49.2 Å². The molecule has 2 atom stereocenters. The lowest BCUT2D eigenvalue weighted by Crippen LogP contribution is -2.47. The van der Waals surface area contributed by atoms with E-state index in [4.69, 9.17) is 0 Å². The molecule has 0 amide bonds. The van der Waals surface area contributed by atoms with Crippen molar-refractivity contribution in [3.63, 3.8) is 0 Å². The van der Waals surface area contributed by atoms with Gasteiger partial charge in [-0.15, -0.1) is 0 Å². The Hall–Kier alpha value is -2.27. The van der Waals surface area contributed by atoms with Crippen molar-refractivity contribution in [2.24, 2.45) is 0 Å². The average molecular weight is 328 g/mol. The van der Waals surface area contributed by atoms with E-state index in [1.54, 1.807) is 18.3 Å². The third kappa shape index (κ3) is 3.79. The van der Waals surface area contributed by atoms with Gasteiger partial charge in [0, 0.05) is 24.4 Å². The third-order valence-electron chi connectivity index (χ3n) is 4.61. The zero-order chi connectivity index (χ0) is 16.9. The van der Waals surface area contributed by atoms with Crippen LogP contribution in [0.1, 0.15) is 36.6 Å². The lowest BCUT2D eigenvalue weighted by atomic mass is 9.93. The number of piperidine rings is 1. The van der Waals surface area contributed by atoms with E-state index in [1.807, 2.05) is 23.1 Å². The number of benzene rings is 1. The van der Waals surface area contributed by atoms with Gasteiger partial charge in [-0.3, -0.25) is 14.7 Å². The minimum Gasteiger partial charge on any atom is -0.480 e. The number of nitrogens with zero attached hydrogens (tertiary/aromatic N) is 2. The van der Waals surface area contributed by atoms with E-state index < -0.39 is 12.0 Å².